The second-order valence-electron chi connectivity index (χ2n) is 7.34. The molecule has 1 heterocycles. The molecule has 2 atom stereocenters. The van der Waals surface area contributed by atoms with Crippen LogP contribution in [0.4, 0.5) is 5.69 Å². The van der Waals surface area contributed by atoms with Crippen molar-refractivity contribution in [1.82, 2.24) is 4.72 Å². The van der Waals surface area contributed by atoms with Crippen molar-refractivity contribution in [2.24, 2.45) is 10.9 Å². The van der Waals surface area contributed by atoms with E-state index in [1.54, 1.807) is 56.3 Å². The number of amides is 1. The lowest BCUT2D eigenvalue weighted by Crippen LogP contribution is -2.37. The topological polar surface area (TPSA) is 114 Å². The largest absolute Gasteiger partial charge is 0.451 e. The summed E-state index contributed by atoms with van der Waals surface area (Å²) in [4.78, 5) is 29.5. The fraction of sp³-hybridized carbons (Fsp3) is 0.286. The second-order valence-corrected chi connectivity index (χ2v) is 9.43. The van der Waals surface area contributed by atoms with Gasteiger partial charge in [0.2, 0.25) is 0 Å². The molecule has 0 saturated carbocycles. The number of fused-ring (bicyclic) bond motifs is 1. The van der Waals surface area contributed by atoms with Gasteiger partial charge < -0.3 is 10.1 Å². The normalized spacial score (nSPS) is 17.5. The zero-order valence-corrected chi connectivity index (χ0v) is 18.7. The number of rotatable bonds is 6. The van der Waals surface area contributed by atoms with Gasteiger partial charge in [0, 0.05) is 16.3 Å². The number of anilines is 1. The van der Waals surface area contributed by atoms with E-state index in [1.807, 2.05) is 0 Å². The van der Waals surface area contributed by atoms with Crippen molar-refractivity contribution < 1.29 is 22.7 Å². The maximum atomic E-state index is 12.8. The predicted octanol–water partition coefficient (Wildman–Crippen LogP) is 2.97. The number of nitrogens with zero attached hydrogens (tertiary/aromatic N) is 1. The molecule has 0 radical (unpaired) electrons. The van der Waals surface area contributed by atoms with Crippen LogP contribution in [-0.4, -0.2) is 38.3 Å². The summed E-state index contributed by atoms with van der Waals surface area (Å²) in [6, 6.07) is 11.9. The molecule has 2 aromatic carbocycles. The molecule has 0 saturated heterocycles. The molecule has 3 rings (SSSR count). The third kappa shape index (κ3) is 5.23. The average molecular weight is 464 g/mol. The maximum absolute atomic E-state index is 12.8. The smallest absolute Gasteiger partial charge is 0.331 e. The van der Waals surface area contributed by atoms with Gasteiger partial charge in [-0.15, -0.1) is 0 Å². The Morgan fingerprint density at radius 3 is 2.35 bits per heavy atom. The summed E-state index contributed by atoms with van der Waals surface area (Å²) in [5.41, 5.74) is 0.893. The molecule has 2 N–H and O–H groups in total. The molecule has 164 valence electrons. The highest BCUT2D eigenvalue weighted by Crippen LogP contribution is 2.24. The molecule has 0 fully saturated rings. The summed E-state index contributed by atoms with van der Waals surface area (Å²) in [6.07, 6.45) is -1.09. The second kappa shape index (κ2) is 9.07. The van der Waals surface area contributed by atoms with E-state index in [9.17, 15) is 18.0 Å². The monoisotopic (exact) mass is 463 g/mol. The molecule has 8 nitrogen and oxygen atoms in total. The van der Waals surface area contributed by atoms with E-state index in [0.29, 0.717) is 16.3 Å². The van der Waals surface area contributed by atoms with E-state index in [1.165, 1.54) is 13.0 Å². The van der Waals surface area contributed by atoms with Crippen LogP contribution in [0.3, 0.4) is 0 Å². The van der Waals surface area contributed by atoms with Crippen LogP contribution >= 0.6 is 11.6 Å². The van der Waals surface area contributed by atoms with Crippen LogP contribution in [0.1, 0.15) is 26.3 Å². The zero-order chi connectivity index (χ0) is 22.8. The number of carbonyl (C=O) groups excluding carboxylic acids is 2. The Balaban J connectivity index is 1.75. The third-order valence-corrected chi connectivity index (χ3v) is 6.23. The van der Waals surface area contributed by atoms with Crippen molar-refractivity contribution in [2.45, 2.75) is 37.8 Å². The van der Waals surface area contributed by atoms with Crippen LogP contribution in [0.15, 0.2) is 58.4 Å². The van der Waals surface area contributed by atoms with Crippen LogP contribution in [0, 0.1) is 5.92 Å². The highest BCUT2D eigenvalue weighted by atomic mass is 35.5. The van der Waals surface area contributed by atoms with Gasteiger partial charge in [0.15, 0.2) is 12.1 Å². The van der Waals surface area contributed by atoms with Crippen LogP contribution in [-0.2, 0) is 24.3 Å². The molecular formula is C21H22ClN3O5S. The number of halogens is 1. The number of ether oxygens (including phenoxy) is 1. The molecule has 2 unspecified atom stereocenters. The summed E-state index contributed by atoms with van der Waals surface area (Å²) in [6.45, 7) is 4.95. The number of benzene rings is 2. The van der Waals surface area contributed by atoms with Crippen LogP contribution in [0.5, 0.6) is 0 Å². The molecule has 0 aliphatic carbocycles. The van der Waals surface area contributed by atoms with Gasteiger partial charge in [-0.05, 0) is 49.2 Å². The van der Waals surface area contributed by atoms with Gasteiger partial charge in [-0.1, -0.05) is 37.6 Å². The summed E-state index contributed by atoms with van der Waals surface area (Å²) < 4.78 is 32.2. The fourth-order valence-electron chi connectivity index (χ4n) is 2.92. The number of carbonyl (C=O) groups is 2. The molecule has 1 aliphatic rings. The minimum atomic E-state index is -3.73. The molecule has 31 heavy (non-hydrogen) atoms. The minimum absolute atomic E-state index is 0.0736. The lowest BCUT2D eigenvalue weighted by atomic mass is 10.0. The van der Waals surface area contributed by atoms with Gasteiger partial charge >= 0.3 is 5.97 Å². The van der Waals surface area contributed by atoms with E-state index in [4.69, 9.17) is 16.3 Å². The van der Waals surface area contributed by atoms with Gasteiger partial charge in [0.05, 0.1) is 4.90 Å². The summed E-state index contributed by atoms with van der Waals surface area (Å²) in [7, 11) is -3.73. The van der Waals surface area contributed by atoms with Crippen LogP contribution < -0.4 is 10.0 Å². The molecule has 1 amide bonds. The number of sulfonamides is 1. The Kier molecular flexibility index (Phi) is 6.66. The molecule has 0 aromatic heterocycles. The fourth-order valence-corrected chi connectivity index (χ4v) is 4.28. The lowest BCUT2D eigenvalue weighted by molar-refractivity contribution is -0.155. The molecular weight excluding hydrogens is 442 g/mol. The third-order valence-electron chi connectivity index (χ3n) is 4.58. The van der Waals surface area contributed by atoms with Gasteiger partial charge in [0.1, 0.15) is 5.84 Å². The Hall–Kier alpha value is -2.91. The Morgan fingerprint density at radius 1 is 1.06 bits per heavy atom. The highest BCUT2D eigenvalue weighted by Gasteiger charge is 2.34. The van der Waals surface area contributed by atoms with E-state index in [-0.39, 0.29) is 16.6 Å². The van der Waals surface area contributed by atoms with Gasteiger partial charge in [-0.3, -0.25) is 14.5 Å². The van der Waals surface area contributed by atoms with Crippen molar-refractivity contribution in [3.8, 4) is 0 Å². The molecule has 0 bridgehead atoms. The molecule has 0 spiro atoms. The van der Waals surface area contributed by atoms with E-state index >= 15 is 0 Å². The van der Waals surface area contributed by atoms with Crippen molar-refractivity contribution in [1.29, 1.82) is 0 Å². The molecule has 10 heteroatoms. The number of hydrogen-bond acceptors (Lipinski definition) is 6. The van der Waals surface area contributed by atoms with E-state index in [0.717, 1.165) is 0 Å². The first-order chi connectivity index (χ1) is 14.6. The molecule has 2 aromatic rings. The number of hydrogen-bond donors (Lipinski definition) is 2. The van der Waals surface area contributed by atoms with Crippen molar-refractivity contribution in [3.63, 3.8) is 0 Å². The van der Waals surface area contributed by atoms with Gasteiger partial charge in [-0.25, -0.2) is 13.2 Å². The minimum Gasteiger partial charge on any atom is -0.451 e. The lowest BCUT2D eigenvalue weighted by Gasteiger charge is -2.19. The average Bonchev–Trinajstić information content (AvgIpc) is 2.97. The first kappa shape index (κ1) is 22.8. The number of esters is 1. The SMILES string of the molecule is CC(OC(=O)C(N=C1NS(=O)(=O)c2ccccc21)C(C)C)C(=O)Nc1ccc(Cl)cc1. The first-order valence-electron chi connectivity index (χ1n) is 9.55. The number of amidine groups is 1. The number of aliphatic imine (C=N–C) groups is 1. The first-order valence-corrected chi connectivity index (χ1v) is 11.4. The van der Waals surface area contributed by atoms with Crippen LogP contribution in [0.2, 0.25) is 5.02 Å². The Labute approximate surface area is 185 Å². The van der Waals surface area contributed by atoms with E-state index in [2.05, 4.69) is 15.0 Å². The van der Waals surface area contributed by atoms with Gasteiger partial charge in [-0.2, -0.15) is 0 Å². The maximum Gasteiger partial charge on any atom is 0.331 e. The number of nitrogens with one attached hydrogen (secondary N) is 2. The highest BCUT2D eigenvalue weighted by molar-refractivity contribution is 7.90. The van der Waals surface area contributed by atoms with Crippen LogP contribution in [0.25, 0.3) is 0 Å². The Bertz CT molecular complexity index is 1130. The van der Waals surface area contributed by atoms with Crippen molar-refractivity contribution in [2.75, 3.05) is 5.32 Å². The van der Waals surface area contributed by atoms with E-state index < -0.39 is 34.0 Å². The standard InChI is InChI=1S/C21H22ClN3O5S/c1-12(2)18(24-19-16-6-4-5-7-17(16)31(28,29)25-19)21(27)30-13(3)20(26)23-15-10-8-14(22)9-11-15/h4-13,18H,1-3H3,(H,23,26)(H,24,25). The predicted molar refractivity (Wildman–Crippen MR) is 118 cm³/mol. The van der Waals surface area contributed by atoms with Crippen molar-refractivity contribution >= 4 is 45.0 Å². The van der Waals surface area contributed by atoms with Gasteiger partial charge in [0.25, 0.3) is 15.9 Å². The summed E-state index contributed by atoms with van der Waals surface area (Å²) >= 11 is 5.83. The quantitative estimate of drug-likeness (QED) is 0.639. The Morgan fingerprint density at radius 2 is 1.71 bits per heavy atom. The summed E-state index contributed by atoms with van der Waals surface area (Å²) in [5.74, 6) is -1.48. The zero-order valence-electron chi connectivity index (χ0n) is 17.1. The summed E-state index contributed by atoms with van der Waals surface area (Å²) in [5, 5.41) is 3.17. The molecule has 1 aliphatic heterocycles. The van der Waals surface area contributed by atoms with Crippen molar-refractivity contribution in [3.05, 3.63) is 59.1 Å².